The van der Waals surface area contributed by atoms with Crippen molar-refractivity contribution in [2.45, 2.75) is 45.3 Å². The van der Waals surface area contributed by atoms with Crippen molar-refractivity contribution in [3.8, 4) is 0 Å². The van der Waals surface area contributed by atoms with Gasteiger partial charge in [0.25, 0.3) is 0 Å². The molecule has 14 heavy (non-hydrogen) atoms. The minimum atomic E-state index is -0.925. The van der Waals surface area contributed by atoms with Gasteiger partial charge in [0.1, 0.15) is 0 Å². The van der Waals surface area contributed by atoms with Crippen LogP contribution >= 0.6 is 0 Å². The van der Waals surface area contributed by atoms with Crippen LogP contribution in [0.25, 0.3) is 0 Å². The molecule has 4 nitrogen and oxygen atoms in total. The predicted octanol–water partition coefficient (Wildman–Crippen LogP) is -0.111. The van der Waals surface area contributed by atoms with Gasteiger partial charge in [-0.25, -0.2) is 0 Å². The van der Waals surface area contributed by atoms with E-state index >= 15 is 0 Å². The summed E-state index contributed by atoms with van der Waals surface area (Å²) in [7, 11) is 0. The van der Waals surface area contributed by atoms with Gasteiger partial charge in [0, 0.05) is 12.0 Å². The van der Waals surface area contributed by atoms with Crippen molar-refractivity contribution in [2.75, 3.05) is 13.2 Å². The summed E-state index contributed by atoms with van der Waals surface area (Å²) in [5.41, 5.74) is -0.682. The van der Waals surface area contributed by atoms with Gasteiger partial charge in [-0.2, -0.15) is 0 Å². The first kappa shape index (κ1) is 13.8. The van der Waals surface area contributed by atoms with Gasteiger partial charge in [-0.15, -0.1) is 0 Å². The third-order valence-electron chi connectivity index (χ3n) is 2.48. The number of aliphatic hydroxyl groups excluding tert-OH is 4. The molecule has 0 spiro atoms. The normalized spacial score (nSPS) is 16.7. The molecule has 0 rings (SSSR count). The van der Waals surface area contributed by atoms with E-state index in [4.69, 9.17) is 10.2 Å². The molecule has 0 aromatic carbocycles. The van der Waals surface area contributed by atoms with Crippen molar-refractivity contribution in [3.63, 3.8) is 0 Å². The molecule has 0 aromatic rings. The number of unbranched alkanes of at least 4 members (excludes halogenated alkanes) is 1. The van der Waals surface area contributed by atoms with Crippen molar-refractivity contribution < 1.29 is 20.4 Å². The molecule has 0 aliphatic carbocycles. The molecule has 2 unspecified atom stereocenters. The van der Waals surface area contributed by atoms with Crippen LogP contribution in [-0.2, 0) is 0 Å². The van der Waals surface area contributed by atoms with Gasteiger partial charge in [0.15, 0.2) is 0 Å². The lowest BCUT2D eigenvalue weighted by Gasteiger charge is -2.31. The van der Waals surface area contributed by atoms with Crippen LogP contribution in [0.4, 0.5) is 0 Å². The van der Waals surface area contributed by atoms with Crippen LogP contribution in [0, 0.1) is 5.41 Å². The Bertz CT molecular complexity index is 147. The maximum atomic E-state index is 9.67. The third-order valence-corrected chi connectivity index (χ3v) is 2.48. The summed E-state index contributed by atoms with van der Waals surface area (Å²) in [5, 5.41) is 36.8. The lowest BCUT2D eigenvalue weighted by atomic mass is 9.83. The molecule has 0 saturated carbocycles. The molecular formula is C10H22O4. The highest BCUT2D eigenvalue weighted by atomic mass is 16.3. The Labute approximate surface area is 85.2 Å². The molecular weight excluding hydrogens is 184 g/mol. The first-order chi connectivity index (χ1) is 6.45. The molecule has 0 aromatic heterocycles. The zero-order valence-corrected chi connectivity index (χ0v) is 8.98. The fourth-order valence-corrected chi connectivity index (χ4v) is 1.24. The van der Waals surface area contributed by atoms with Gasteiger partial charge in [-0.1, -0.05) is 13.8 Å². The zero-order valence-electron chi connectivity index (χ0n) is 8.98. The second-order valence-electron chi connectivity index (χ2n) is 4.38. The summed E-state index contributed by atoms with van der Waals surface area (Å²) in [6, 6.07) is 0. The molecule has 0 heterocycles. The van der Waals surface area contributed by atoms with E-state index in [0.29, 0.717) is 19.3 Å². The van der Waals surface area contributed by atoms with E-state index in [2.05, 4.69) is 0 Å². The van der Waals surface area contributed by atoms with Crippen LogP contribution in [0.3, 0.4) is 0 Å². The Hall–Kier alpha value is -0.160. The van der Waals surface area contributed by atoms with E-state index in [-0.39, 0.29) is 13.2 Å². The van der Waals surface area contributed by atoms with Crippen LogP contribution in [0.2, 0.25) is 0 Å². The minimum absolute atomic E-state index is 0.103. The standard InChI is InChI=1S/C10H22O4/c1-10(2,7-12)9(14)8(13)5-3-4-6-11/h8-9,11-14H,3-7H2,1-2H3. The summed E-state index contributed by atoms with van der Waals surface area (Å²) in [4.78, 5) is 0. The lowest BCUT2D eigenvalue weighted by Crippen LogP contribution is -2.41. The first-order valence-electron chi connectivity index (χ1n) is 5.03. The fourth-order valence-electron chi connectivity index (χ4n) is 1.24. The Morgan fingerprint density at radius 3 is 2.07 bits per heavy atom. The fraction of sp³-hybridized carbons (Fsp3) is 1.00. The highest BCUT2D eigenvalue weighted by Gasteiger charge is 2.32. The molecule has 86 valence electrons. The van der Waals surface area contributed by atoms with E-state index in [1.165, 1.54) is 0 Å². The number of hydrogen-bond acceptors (Lipinski definition) is 4. The molecule has 0 amide bonds. The molecule has 4 N–H and O–H groups in total. The predicted molar refractivity (Wildman–Crippen MR) is 53.8 cm³/mol. The molecule has 0 bridgehead atoms. The first-order valence-corrected chi connectivity index (χ1v) is 5.03. The lowest BCUT2D eigenvalue weighted by molar-refractivity contribution is -0.0739. The van der Waals surface area contributed by atoms with E-state index in [9.17, 15) is 10.2 Å². The summed E-state index contributed by atoms with van der Waals surface area (Å²) < 4.78 is 0. The molecule has 4 heteroatoms. The largest absolute Gasteiger partial charge is 0.396 e. The van der Waals surface area contributed by atoms with Crippen molar-refractivity contribution in [3.05, 3.63) is 0 Å². The minimum Gasteiger partial charge on any atom is -0.396 e. The second kappa shape index (κ2) is 6.35. The molecule has 0 aliphatic heterocycles. The van der Waals surface area contributed by atoms with Crippen LogP contribution in [0.15, 0.2) is 0 Å². The van der Waals surface area contributed by atoms with Crippen LogP contribution in [0.5, 0.6) is 0 Å². The van der Waals surface area contributed by atoms with Crippen LogP contribution in [0.1, 0.15) is 33.1 Å². The molecule has 0 fully saturated rings. The monoisotopic (exact) mass is 206 g/mol. The van der Waals surface area contributed by atoms with Gasteiger partial charge < -0.3 is 20.4 Å². The van der Waals surface area contributed by atoms with Gasteiger partial charge in [-0.3, -0.25) is 0 Å². The molecule has 0 radical (unpaired) electrons. The summed E-state index contributed by atoms with van der Waals surface area (Å²) in [6.07, 6.45) is -0.0000409. The van der Waals surface area contributed by atoms with Crippen molar-refractivity contribution >= 4 is 0 Å². The van der Waals surface area contributed by atoms with E-state index < -0.39 is 17.6 Å². The topological polar surface area (TPSA) is 80.9 Å². The number of aliphatic hydroxyl groups is 4. The van der Waals surface area contributed by atoms with Crippen molar-refractivity contribution in [1.29, 1.82) is 0 Å². The Kier molecular flexibility index (Phi) is 6.27. The van der Waals surface area contributed by atoms with E-state index in [1.807, 2.05) is 0 Å². The zero-order chi connectivity index (χ0) is 11.2. The van der Waals surface area contributed by atoms with Crippen LogP contribution < -0.4 is 0 Å². The van der Waals surface area contributed by atoms with Crippen molar-refractivity contribution in [2.24, 2.45) is 5.41 Å². The summed E-state index contributed by atoms with van der Waals surface area (Å²) >= 11 is 0. The molecule has 0 aliphatic rings. The van der Waals surface area contributed by atoms with Gasteiger partial charge in [0.05, 0.1) is 18.8 Å². The second-order valence-corrected chi connectivity index (χ2v) is 4.38. The smallest absolute Gasteiger partial charge is 0.0871 e. The summed E-state index contributed by atoms with van der Waals surface area (Å²) in [5.74, 6) is 0. The number of rotatable bonds is 7. The van der Waals surface area contributed by atoms with Crippen molar-refractivity contribution in [1.82, 2.24) is 0 Å². The Balaban J connectivity index is 3.92. The molecule has 2 atom stereocenters. The maximum absolute atomic E-state index is 9.67. The highest BCUT2D eigenvalue weighted by Crippen LogP contribution is 2.24. The average molecular weight is 206 g/mol. The molecule has 0 saturated heterocycles. The average Bonchev–Trinajstić information content (AvgIpc) is 2.17. The Morgan fingerprint density at radius 1 is 1.07 bits per heavy atom. The Morgan fingerprint density at radius 2 is 1.64 bits per heavy atom. The third kappa shape index (κ3) is 4.37. The number of hydrogen-bond donors (Lipinski definition) is 4. The van der Waals surface area contributed by atoms with E-state index in [1.54, 1.807) is 13.8 Å². The highest BCUT2D eigenvalue weighted by molar-refractivity contribution is 4.82. The van der Waals surface area contributed by atoms with Gasteiger partial charge in [0.2, 0.25) is 0 Å². The SMILES string of the molecule is CC(C)(CO)C(O)C(O)CCCCO. The van der Waals surface area contributed by atoms with Crippen LogP contribution in [-0.4, -0.2) is 45.8 Å². The maximum Gasteiger partial charge on any atom is 0.0871 e. The quantitative estimate of drug-likeness (QED) is 0.438. The van der Waals surface area contributed by atoms with Gasteiger partial charge in [-0.05, 0) is 19.3 Å². The summed E-state index contributed by atoms with van der Waals surface area (Å²) in [6.45, 7) is 3.34. The van der Waals surface area contributed by atoms with E-state index in [0.717, 1.165) is 0 Å². The van der Waals surface area contributed by atoms with Gasteiger partial charge >= 0.3 is 0 Å².